The highest BCUT2D eigenvalue weighted by Crippen LogP contribution is 2.37. The lowest BCUT2D eigenvalue weighted by Gasteiger charge is -2.24. The zero-order valence-electron chi connectivity index (χ0n) is 11.9. The summed E-state index contributed by atoms with van der Waals surface area (Å²) in [7, 11) is 1.64. The van der Waals surface area contributed by atoms with Gasteiger partial charge in [0.25, 0.3) is 0 Å². The van der Waals surface area contributed by atoms with Crippen molar-refractivity contribution in [2.24, 2.45) is 0 Å². The Bertz CT molecular complexity index is 618. The third-order valence-electron chi connectivity index (χ3n) is 3.28. The van der Waals surface area contributed by atoms with E-state index in [2.05, 4.69) is 0 Å². The monoisotopic (exact) mass is 294 g/mol. The van der Waals surface area contributed by atoms with Crippen LogP contribution in [0.2, 0.25) is 0 Å². The lowest BCUT2D eigenvalue weighted by molar-refractivity contribution is -0.137. The summed E-state index contributed by atoms with van der Waals surface area (Å²) in [6.45, 7) is 2.36. The van der Waals surface area contributed by atoms with E-state index in [1.165, 1.54) is 12.1 Å². The van der Waals surface area contributed by atoms with E-state index in [0.717, 1.165) is 17.2 Å². The number of nitrogen functional groups attached to an aromatic ring is 1. The topological polar surface area (TPSA) is 29.3 Å². The van der Waals surface area contributed by atoms with Crippen molar-refractivity contribution in [1.29, 1.82) is 0 Å². The average molecular weight is 294 g/mol. The molecule has 0 aliphatic carbocycles. The van der Waals surface area contributed by atoms with Gasteiger partial charge < -0.3 is 10.6 Å². The fourth-order valence-electron chi connectivity index (χ4n) is 2.17. The van der Waals surface area contributed by atoms with Crippen molar-refractivity contribution in [3.63, 3.8) is 0 Å². The first-order chi connectivity index (χ1) is 9.77. The second kappa shape index (κ2) is 5.68. The Morgan fingerprint density at radius 2 is 1.67 bits per heavy atom. The van der Waals surface area contributed by atoms with E-state index in [1.54, 1.807) is 11.9 Å². The zero-order valence-corrected chi connectivity index (χ0v) is 11.9. The summed E-state index contributed by atoms with van der Waals surface area (Å²) in [5, 5.41) is 0. The van der Waals surface area contributed by atoms with Crippen LogP contribution in [-0.2, 0) is 12.7 Å². The molecule has 2 N–H and O–H groups in total. The van der Waals surface area contributed by atoms with Crippen LogP contribution >= 0.6 is 0 Å². The predicted molar refractivity (Wildman–Crippen MR) is 79.1 cm³/mol. The van der Waals surface area contributed by atoms with Crippen LogP contribution < -0.4 is 10.6 Å². The molecule has 0 aromatic heterocycles. The van der Waals surface area contributed by atoms with Crippen LogP contribution in [0.4, 0.5) is 24.5 Å². The molecular formula is C16H17F3N2. The number of nitrogens with two attached hydrogens (primary N) is 1. The van der Waals surface area contributed by atoms with Crippen molar-refractivity contribution < 1.29 is 13.2 Å². The van der Waals surface area contributed by atoms with Gasteiger partial charge in [0, 0.05) is 25.0 Å². The Morgan fingerprint density at radius 3 is 2.24 bits per heavy atom. The number of nitrogens with zero attached hydrogens (tertiary/aromatic N) is 1. The van der Waals surface area contributed by atoms with Crippen LogP contribution in [0.3, 0.4) is 0 Å². The Labute approximate surface area is 122 Å². The molecule has 21 heavy (non-hydrogen) atoms. The maximum Gasteiger partial charge on any atom is 0.418 e. The first-order valence-corrected chi connectivity index (χ1v) is 6.51. The minimum Gasteiger partial charge on any atom is -0.399 e. The van der Waals surface area contributed by atoms with Gasteiger partial charge >= 0.3 is 6.18 Å². The molecular weight excluding hydrogens is 277 g/mol. The van der Waals surface area contributed by atoms with E-state index in [4.69, 9.17) is 5.73 Å². The molecule has 0 spiro atoms. The lowest BCUT2D eigenvalue weighted by Crippen LogP contribution is -2.21. The third-order valence-corrected chi connectivity index (χ3v) is 3.28. The van der Waals surface area contributed by atoms with E-state index in [-0.39, 0.29) is 11.4 Å². The number of halogens is 3. The molecule has 0 fully saturated rings. The molecule has 2 nitrogen and oxygen atoms in total. The minimum absolute atomic E-state index is 0.106. The molecule has 0 amide bonds. The minimum atomic E-state index is -4.42. The molecule has 0 heterocycles. The summed E-state index contributed by atoms with van der Waals surface area (Å²) in [5.41, 5.74) is 7.06. The lowest BCUT2D eigenvalue weighted by atomic mass is 10.1. The molecule has 0 saturated carbocycles. The van der Waals surface area contributed by atoms with Crippen molar-refractivity contribution in [1.82, 2.24) is 0 Å². The van der Waals surface area contributed by atoms with Gasteiger partial charge in [0.1, 0.15) is 0 Å². The second-order valence-corrected chi connectivity index (χ2v) is 5.12. The average Bonchev–Trinajstić information content (AvgIpc) is 2.40. The van der Waals surface area contributed by atoms with Crippen molar-refractivity contribution in [2.75, 3.05) is 17.7 Å². The largest absolute Gasteiger partial charge is 0.418 e. The number of hydrogen-bond donors (Lipinski definition) is 1. The summed E-state index contributed by atoms with van der Waals surface area (Å²) in [6, 6.07) is 11.6. The van der Waals surface area contributed by atoms with Gasteiger partial charge in [-0.2, -0.15) is 13.2 Å². The van der Waals surface area contributed by atoms with Crippen molar-refractivity contribution >= 4 is 11.4 Å². The molecule has 0 bridgehead atoms. The molecule has 2 rings (SSSR count). The van der Waals surface area contributed by atoms with Crippen LogP contribution in [0, 0.1) is 6.92 Å². The first-order valence-electron chi connectivity index (χ1n) is 6.51. The van der Waals surface area contributed by atoms with Gasteiger partial charge in [0.15, 0.2) is 0 Å². The van der Waals surface area contributed by atoms with Gasteiger partial charge in [-0.25, -0.2) is 0 Å². The standard InChI is InChI=1S/C16H17F3N2/c1-11-3-5-12(6-4-11)10-21(2)15-8-7-13(20)9-14(15)16(17,18)19/h3-9H,10,20H2,1-2H3. The molecule has 0 unspecified atom stereocenters. The number of aryl methyl sites for hydroxylation is 1. The van der Waals surface area contributed by atoms with Crippen LogP contribution in [0.1, 0.15) is 16.7 Å². The van der Waals surface area contributed by atoms with Crippen molar-refractivity contribution in [3.8, 4) is 0 Å². The van der Waals surface area contributed by atoms with Crippen LogP contribution in [0.25, 0.3) is 0 Å². The fourth-order valence-corrected chi connectivity index (χ4v) is 2.17. The predicted octanol–water partition coefficient (Wildman–Crippen LogP) is 4.23. The molecule has 0 saturated heterocycles. The maximum atomic E-state index is 13.1. The van der Waals surface area contributed by atoms with Gasteiger partial charge in [-0.05, 0) is 30.7 Å². The van der Waals surface area contributed by atoms with Gasteiger partial charge in [0.05, 0.1) is 5.56 Å². The van der Waals surface area contributed by atoms with Crippen LogP contribution in [0.5, 0.6) is 0 Å². The van der Waals surface area contributed by atoms with E-state index < -0.39 is 11.7 Å². The molecule has 0 atom stereocenters. The Morgan fingerprint density at radius 1 is 1.05 bits per heavy atom. The van der Waals surface area contributed by atoms with E-state index in [1.807, 2.05) is 31.2 Å². The molecule has 2 aromatic rings. The fraction of sp³-hybridized carbons (Fsp3) is 0.250. The smallest absolute Gasteiger partial charge is 0.399 e. The Balaban J connectivity index is 2.30. The van der Waals surface area contributed by atoms with E-state index in [0.29, 0.717) is 6.54 Å². The number of rotatable bonds is 3. The molecule has 0 radical (unpaired) electrons. The molecule has 0 aliphatic rings. The van der Waals surface area contributed by atoms with Crippen LogP contribution in [0.15, 0.2) is 42.5 Å². The summed E-state index contributed by atoms with van der Waals surface area (Å²) >= 11 is 0. The number of hydrogen-bond acceptors (Lipinski definition) is 2. The van der Waals surface area contributed by atoms with Gasteiger partial charge in [-0.3, -0.25) is 0 Å². The highest BCUT2D eigenvalue weighted by atomic mass is 19.4. The second-order valence-electron chi connectivity index (χ2n) is 5.12. The Hall–Kier alpha value is -2.17. The zero-order chi connectivity index (χ0) is 15.6. The normalized spacial score (nSPS) is 11.5. The molecule has 112 valence electrons. The quantitative estimate of drug-likeness (QED) is 0.858. The number of anilines is 2. The van der Waals surface area contributed by atoms with Crippen molar-refractivity contribution in [3.05, 3.63) is 59.2 Å². The van der Waals surface area contributed by atoms with Gasteiger partial charge in [0.2, 0.25) is 0 Å². The summed E-state index contributed by atoms with van der Waals surface area (Å²) < 4.78 is 39.3. The molecule has 5 heteroatoms. The van der Waals surface area contributed by atoms with Gasteiger partial charge in [-0.15, -0.1) is 0 Å². The van der Waals surface area contributed by atoms with Crippen molar-refractivity contribution in [2.45, 2.75) is 19.6 Å². The maximum absolute atomic E-state index is 13.1. The van der Waals surface area contributed by atoms with E-state index >= 15 is 0 Å². The highest BCUT2D eigenvalue weighted by molar-refractivity contribution is 5.60. The van der Waals surface area contributed by atoms with E-state index in [9.17, 15) is 13.2 Å². The van der Waals surface area contributed by atoms with Crippen LogP contribution in [-0.4, -0.2) is 7.05 Å². The first kappa shape index (κ1) is 15.2. The summed E-state index contributed by atoms with van der Waals surface area (Å²) in [6.07, 6.45) is -4.42. The number of alkyl halides is 3. The summed E-state index contributed by atoms with van der Waals surface area (Å²) in [5.74, 6) is 0. The number of benzene rings is 2. The Kier molecular flexibility index (Phi) is 4.11. The highest BCUT2D eigenvalue weighted by Gasteiger charge is 2.34. The van der Waals surface area contributed by atoms with Gasteiger partial charge in [-0.1, -0.05) is 29.8 Å². The third kappa shape index (κ3) is 3.68. The SMILES string of the molecule is Cc1ccc(CN(C)c2ccc(N)cc2C(F)(F)F)cc1. The molecule has 0 aliphatic heterocycles. The molecule has 2 aromatic carbocycles. The summed E-state index contributed by atoms with van der Waals surface area (Å²) in [4.78, 5) is 1.58.